The lowest BCUT2D eigenvalue weighted by molar-refractivity contribution is -0.0948. The molecule has 0 amide bonds. The third-order valence-electron chi connectivity index (χ3n) is 3.71. The molecule has 2 aliphatic heterocycles. The monoisotopic (exact) mass is 251 g/mol. The van der Waals surface area contributed by atoms with Crippen molar-refractivity contribution in [2.24, 2.45) is 0 Å². The molecule has 3 heterocycles. The zero-order valence-electron chi connectivity index (χ0n) is 11.2. The van der Waals surface area contributed by atoms with Gasteiger partial charge in [0.15, 0.2) is 11.4 Å². The molecule has 1 aromatic rings. The molecule has 0 bridgehead atoms. The number of aryl methyl sites for hydroxylation is 1. The summed E-state index contributed by atoms with van der Waals surface area (Å²) in [7, 11) is 0. The van der Waals surface area contributed by atoms with Crippen molar-refractivity contribution in [3.05, 3.63) is 11.6 Å². The quantitative estimate of drug-likeness (QED) is 0.819. The molecular weight excluding hydrogens is 230 g/mol. The van der Waals surface area contributed by atoms with Gasteiger partial charge >= 0.3 is 0 Å². The van der Waals surface area contributed by atoms with Gasteiger partial charge in [-0.1, -0.05) is 0 Å². The van der Waals surface area contributed by atoms with Crippen LogP contribution >= 0.6 is 0 Å². The Kier molecular flexibility index (Phi) is 3.11. The van der Waals surface area contributed by atoms with Crippen LogP contribution in [0.1, 0.15) is 44.8 Å². The molecule has 18 heavy (non-hydrogen) atoms. The van der Waals surface area contributed by atoms with Crippen molar-refractivity contribution >= 4 is 0 Å². The van der Waals surface area contributed by atoms with Crippen LogP contribution in [0, 0.1) is 0 Å². The van der Waals surface area contributed by atoms with E-state index in [0.29, 0.717) is 6.61 Å². The van der Waals surface area contributed by atoms with E-state index in [2.05, 4.69) is 28.6 Å². The molecule has 1 unspecified atom stereocenters. The van der Waals surface area contributed by atoms with Crippen LogP contribution in [0.5, 0.6) is 0 Å². The van der Waals surface area contributed by atoms with E-state index in [0.717, 1.165) is 37.6 Å². The maximum absolute atomic E-state index is 6.16. The van der Waals surface area contributed by atoms with Crippen LogP contribution in [0.3, 0.4) is 0 Å². The van der Waals surface area contributed by atoms with E-state index < -0.39 is 0 Å². The van der Waals surface area contributed by atoms with Gasteiger partial charge in [-0.05, 0) is 26.7 Å². The van der Waals surface area contributed by atoms with Crippen molar-refractivity contribution < 1.29 is 9.47 Å². The SMILES string of the molecule is CC(C)OC1(c2nnc3n2CCCC3)CCOC1. The Morgan fingerprint density at radius 2 is 2.22 bits per heavy atom. The average molecular weight is 251 g/mol. The zero-order chi connectivity index (χ0) is 12.6. The molecule has 2 aliphatic rings. The molecule has 5 nitrogen and oxygen atoms in total. The highest BCUT2D eigenvalue weighted by atomic mass is 16.6. The van der Waals surface area contributed by atoms with Crippen LogP contribution in [-0.4, -0.2) is 34.1 Å². The lowest BCUT2D eigenvalue weighted by atomic mass is 10.0. The minimum absolute atomic E-state index is 0.170. The smallest absolute Gasteiger partial charge is 0.167 e. The first kappa shape index (κ1) is 12.1. The second-order valence-electron chi connectivity index (χ2n) is 5.51. The number of aromatic nitrogens is 3. The second kappa shape index (κ2) is 4.63. The highest BCUT2D eigenvalue weighted by molar-refractivity contribution is 5.10. The van der Waals surface area contributed by atoms with Gasteiger partial charge < -0.3 is 14.0 Å². The van der Waals surface area contributed by atoms with E-state index in [-0.39, 0.29) is 11.7 Å². The van der Waals surface area contributed by atoms with Crippen molar-refractivity contribution in [1.29, 1.82) is 0 Å². The third kappa shape index (κ3) is 1.95. The summed E-state index contributed by atoms with van der Waals surface area (Å²) in [6, 6.07) is 0. The fraction of sp³-hybridized carbons (Fsp3) is 0.846. The lowest BCUT2D eigenvalue weighted by Gasteiger charge is -2.30. The van der Waals surface area contributed by atoms with Crippen molar-refractivity contribution in [1.82, 2.24) is 14.8 Å². The summed E-state index contributed by atoms with van der Waals surface area (Å²) in [6.07, 6.45) is 4.50. The molecule has 0 radical (unpaired) electrons. The van der Waals surface area contributed by atoms with Gasteiger partial charge in [0.25, 0.3) is 0 Å². The minimum atomic E-state index is -0.378. The van der Waals surface area contributed by atoms with Crippen LogP contribution in [0.2, 0.25) is 0 Å². The third-order valence-corrected chi connectivity index (χ3v) is 3.71. The normalized spacial score (nSPS) is 27.7. The van der Waals surface area contributed by atoms with Gasteiger partial charge in [-0.2, -0.15) is 0 Å². The fourth-order valence-electron chi connectivity index (χ4n) is 2.96. The van der Waals surface area contributed by atoms with Gasteiger partial charge in [0.2, 0.25) is 0 Å². The van der Waals surface area contributed by atoms with Crippen LogP contribution in [0.4, 0.5) is 0 Å². The topological polar surface area (TPSA) is 49.2 Å². The van der Waals surface area contributed by atoms with Crippen molar-refractivity contribution in [3.63, 3.8) is 0 Å². The Morgan fingerprint density at radius 3 is 2.94 bits per heavy atom. The van der Waals surface area contributed by atoms with E-state index in [9.17, 15) is 0 Å². The van der Waals surface area contributed by atoms with Crippen LogP contribution in [-0.2, 0) is 28.0 Å². The second-order valence-corrected chi connectivity index (χ2v) is 5.51. The standard InChI is InChI=1S/C13H21N3O2/c1-10(2)18-13(6-8-17-9-13)12-15-14-11-5-3-4-7-16(11)12/h10H,3-9H2,1-2H3. The molecular formula is C13H21N3O2. The van der Waals surface area contributed by atoms with Crippen LogP contribution < -0.4 is 0 Å². The number of rotatable bonds is 3. The highest BCUT2D eigenvalue weighted by Crippen LogP contribution is 2.35. The summed E-state index contributed by atoms with van der Waals surface area (Å²) in [5.41, 5.74) is -0.378. The molecule has 5 heteroatoms. The highest BCUT2D eigenvalue weighted by Gasteiger charge is 2.43. The van der Waals surface area contributed by atoms with Gasteiger partial charge in [-0.15, -0.1) is 10.2 Å². The molecule has 0 spiro atoms. The summed E-state index contributed by atoms with van der Waals surface area (Å²) in [5.74, 6) is 2.08. The van der Waals surface area contributed by atoms with E-state index >= 15 is 0 Å². The number of nitrogens with zero attached hydrogens (tertiary/aromatic N) is 3. The van der Waals surface area contributed by atoms with Crippen molar-refractivity contribution in [2.75, 3.05) is 13.2 Å². The van der Waals surface area contributed by atoms with Gasteiger partial charge in [0.05, 0.1) is 19.3 Å². The fourth-order valence-corrected chi connectivity index (χ4v) is 2.96. The van der Waals surface area contributed by atoms with Crippen LogP contribution in [0.25, 0.3) is 0 Å². The minimum Gasteiger partial charge on any atom is -0.378 e. The zero-order valence-corrected chi connectivity index (χ0v) is 11.2. The first-order chi connectivity index (χ1) is 8.71. The van der Waals surface area contributed by atoms with E-state index in [1.54, 1.807) is 0 Å². The maximum Gasteiger partial charge on any atom is 0.167 e. The summed E-state index contributed by atoms with van der Waals surface area (Å²) < 4.78 is 14.0. The summed E-state index contributed by atoms with van der Waals surface area (Å²) >= 11 is 0. The van der Waals surface area contributed by atoms with E-state index in [1.165, 1.54) is 12.8 Å². The number of hydrogen-bond acceptors (Lipinski definition) is 4. The average Bonchev–Trinajstić information content (AvgIpc) is 2.94. The molecule has 0 saturated carbocycles. The predicted molar refractivity (Wildman–Crippen MR) is 66.3 cm³/mol. The molecule has 1 fully saturated rings. The first-order valence-electron chi connectivity index (χ1n) is 6.89. The summed E-state index contributed by atoms with van der Waals surface area (Å²) in [5, 5.41) is 8.74. The largest absolute Gasteiger partial charge is 0.378 e. The first-order valence-corrected chi connectivity index (χ1v) is 6.89. The summed E-state index contributed by atoms with van der Waals surface area (Å²) in [6.45, 7) is 6.49. The molecule has 1 aromatic heterocycles. The lowest BCUT2D eigenvalue weighted by Crippen LogP contribution is -2.37. The van der Waals surface area contributed by atoms with Crippen LogP contribution in [0.15, 0.2) is 0 Å². The number of ether oxygens (including phenoxy) is 2. The Bertz CT molecular complexity index is 422. The van der Waals surface area contributed by atoms with Crippen molar-refractivity contribution in [3.8, 4) is 0 Å². The molecule has 0 aliphatic carbocycles. The predicted octanol–water partition coefficient (Wildman–Crippen LogP) is 1.66. The Morgan fingerprint density at radius 1 is 1.33 bits per heavy atom. The Labute approximate surface area is 107 Å². The van der Waals surface area contributed by atoms with Gasteiger partial charge in [0, 0.05) is 19.4 Å². The summed E-state index contributed by atoms with van der Waals surface area (Å²) in [4.78, 5) is 0. The Hall–Kier alpha value is -0.940. The number of hydrogen-bond donors (Lipinski definition) is 0. The van der Waals surface area contributed by atoms with Gasteiger partial charge in [0.1, 0.15) is 5.82 Å². The van der Waals surface area contributed by atoms with E-state index in [4.69, 9.17) is 9.47 Å². The van der Waals surface area contributed by atoms with Crippen molar-refractivity contribution in [2.45, 2.75) is 57.8 Å². The van der Waals surface area contributed by atoms with E-state index in [1.807, 2.05) is 0 Å². The molecule has 3 rings (SSSR count). The molecule has 0 aromatic carbocycles. The number of fused-ring (bicyclic) bond motifs is 1. The molecule has 1 atom stereocenters. The maximum atomic E-state index is 6.16. The van der Waals surface area contributed by atoms with Gasteiger partial charge in [-0.25, -0.2) is 0 Å². The molecule has 100 valence electrons. The molecule has 1 saturated heterocycles. The Balaban J connectivity index is 1.97. The molecule has 0 N–H and O–H groups in total. The van der Waals surface area contributed by atoms with Gasteiger partial charge in [-0.3, -0.25) is 0 Å².